The van der Waals surface area contributed by atoms with Gasteiger partial charge in [-0.15, -0.1) is 0 Å². The lowest BCUT2D eigenvalue weighted by Crippen LogP contribution is -2.41. The Hall–Kier alpha value is -0.730. The molecule has 0 spiro atoms. The van der Waals surface area contributed by atoms with Crippen LogP contribution in [-0.2, 0) is 11.3 Å². The highest BCUT2D eigenvalue weighted by atomic mass is 35.5. The molecular formula is C20H31Cl2NO. The number of halogens is 2. The maximum atomic E-state index is 13.0. The van der Waals surface area contributed by atoms with E-state index in [1.54, 1.807) is 6.07 Å². The highest BCUT2D eigenvalue weighted by molar-refractivity contribution is 6.42. The molecule has 1 amide bonds. The molecule has 1 aromatic carbocycles. The molecule has 1 aromatic rings. The molecule has 24 heavy (non-hydrogen) atoms. The van der Waals surface area contributed by atoms with Gasteiger partial charge >= 0.3 is 0 Å². The first-order valence-corrected chi connectivity index (χ1v) is 9.67. The lowest BCUT2D eigenvalue weighted by Gasteiger charge is -2.34. The van der Waals surface area contributed by atoms with Crippen LogP contribution < -0.4 is 0 Å². The molecule has 0 fully saturated rings. The van der Waals surface area contributed by atoms with E-state index < -0.39 is 0 Å². The largest absolute Gasteiger partial charge is 0.335 e. The molecule has 0 aliphatic rings. The summed E-state index contributed by atoms with van der Waals surface area (Å²) in [5.41, 5.74) is 1.01. The Morgan fingerprint density at radius 2 is 1.67 bits per heavy atom. The summed E-state index contributed by atoms with van der Waals surface area (Å²) in [5, 5.41) is 1.09. The monoisotopic (exact) mass is 371 g/mol. The van der Waals surface area contributed by atoms with Gasteiger partial charge in [0.25, 0.3) is 0 Å². The average Bonchev–Trinajstić information content (AvgIpc) is 2.46. The quantitative estimate of drug-likeness (QED) is 0.496. The predicted octanol–water partition coefficient (Wildman–Crippen LogP) is 6.73. The molecule has 0 atom stereocenters. The number of carbonyl (C=O) groups is 1. The second-order valence-corrected chi connectivity index (χ2v) is 8.55. The third kappa shape index (κ3) is 7.03. The Labute approximate surface area is 157 Å². The van der Waals surface area contributed by atoms with E-state index >= 15 is 0 Å². The van der Waals surface area contributed by atoms with Crippen molar-refractivity contribution in [1.29, 1.82) is 0 Å². The van der Waals surface area contributed by atoms with Crippen LogP contribution in [0.2, 0.25) is 10.0 Å². The lowest BCUT2D eigenvalue weighted by molar-refractivity contribution is -0.136. The Kier molecular flexibility index (Phi) is 8.59. The van der Waals surface area contributed by atoms with Crippen molar-refractivity contribution in [1.82, 2.24) is 4.90 Å². The van der Waals surface area contributed by atoms with Crippen LogP contribution in [0.25, 0.3) is 0 Å². The number of amides is 1. The first-order valence-electron chi connectivity index (χ1n) is 8.91. The summed E-state index contributed by atoms with van der Waals surface area (Å²) in [6.45, 7) is 11.3. The smallest absolute Gasteiger partial charge is 0.223 e. The Morgan fingerprint density at radius 1 is 1.08 bits per heavy atom. The second kappa shape index (κ2) is 9.68. The highest BCUT2D eigenvalue weighted by Crippen LogP contribution is 2.27. The number of nitrogens with zero attached hydrogens (tertiary/aromatic N) is 1. The number of carbonyl (C=O) groups excluding carboxylic acids is 1. The Balaban J connectivity index is 3.05. The van der Waals surface area contributed by atoms with Crippen molar-refractivity contribution in [2.75, 3.05) is 0 Å². The van der Waals surface area contributed by atoms with E-state index in [2.05, 4.69) is 39.5 Å². The van der Waals surface area contributed by atoms with Gasteiger partial charge in [0, 0.05) is 19.0 Å². The van der Waals surface area contributed by atoms with Crippen molar-refractivity contribution in [3.63, 3.8) is 0 Å². The zero-order chi connectivity index (χ0) is 18.3. The minimum atomic E-state index is -0.0179. The molecular weight excluding hydrogens is 341 g/mol. The van der Waals surface area contributed by atoms with Gasteiger partial charge in [-0.1, -0.05) is 76.7 Å². The summed E-state index contributed by atoms with van der Waals surface area (Å²) >= 11 is 12.2. The maximum Gasteiger partial charge on any atom is 0.223 e. The van der Waals surface area contributed by atoms with E-state index in [0.29, 0.717) is 23.0 Å². The van der Waals surface area contributed by atoms with Gasteiger partial charge in [-0.3, -0.25) is 4.79 Å². The van der Waals surface area contributed by atoms with Crippen LogP contribution in [0.4, 0.5) is 0 Å². The average molecular weight is 372 g/mol. The van der Waals surface area contributed by atoms with Crippen LogP contribution in [0, 0.1) is 5.41 Å². The molecule has 0 aliphatic carbocycles. The standard InChI is InChI=1S/C20H31Cl2NO/c1-6-8-16(9-7-2)23(19(24)13-20(3,4)5)14-15-10-11-17(21)18(22)12-15/h10-12,16H,6-9,13-14H2,1-5H3. The lowest BCUT2D eigenvalue weighted by atomic mass is 9.90. The zero-order valence-corrected chi connectivity index (χ0v) is 17.2. The third-order valence-corrected chi connectivity index (χ3v) is 4.76. The number of hydrogen-bond donors (Lipinski definition) is 0. The molecule has 1 rings (SSSR count). The van der Waals surface area contributed by atoms with E-state index in [-0.39, 0.29) is 17.4 Å². The van der Waals surface area contributed by atoms with E-state index in [0.717, 1.165) is 31.2 Å². The van der Waals surface area contributed by atoms with E-state index in [1.807, 2.05) is 12.1 Å². The van der Waals surface area contributed by atoms with E-state index in [1.165, 1.54) is 0 Å². The van der Waals surface area contributed by atoms with E-state index in [4.69, 9.17) is 23.2 Å². The number of hydrogen-bond acceptors (Lipinski definition) is 1. The fourth-order valence-corrected chi connectivity index (χ4v) is 3.25. The van der Waals surface area contributed by atoms with Crippen LogP contribution >= 0.6 is 23.2 Å². The topological polar surface area (TPSA) is 20.3 Å². The van der Waals surface area contributed by atoms with Crippen LogP contribution in [0.1, 0.15) is 72.3 Å². The van der Waals surface area contributed by atoms with Gasteiger partial charge in [0.2, 0.25) is 5.91 Å². The van der Waals surface area contributed by atoms with Crippen LogP contribution in [-0.4, -0.2) is 16.8 Å². The summed E-state index contributed by atoms with van der Waals surface area (Å²) in [5.74, 6) is 0.223. The molecule has 4 heteroatoms. The zero-order valence-electron chi connectivity index (χ0n) is 15.7. The highest BCUT2D eigenvalue weighted by Gasteiger charge is 2.26. The van der Waals surface area contributed by atoms with Gasteiger partial charge < -0.3 is 4.90 Å². The van der Waals surface area contributed by atoms with Crippen molar-refractivity contribution in [3.8, 4) is 0 Å². The molecule has 0 heterocycles. The first-order chi connectivity index (χ1) is 11.2. The minimum Gasteiger partial charge on any atom is -0.335 e. The summed E-state index contributed by atoms with van der Waals surface area (Å²) < 4.78 is 0. The molecule has 0 radical (unpaired) electrons. The van der Waals surface area contributed by atoms with Crippen LogP contribution in [0.3, 0.4) is 0 Å². The summed E-state index contributed by atoms with van der Waals surface area (Å²) in [4.78, 5) is 15.0. The van der Waals surface area contributed by atoms with Crippen molar-refractivity contribution in [2.45, 2.75) is 79.3 Å². The molecule has 0 unspecified atom stereocenters. The predicted molar refractivity (Wildman–Crippen MR) is 105 cm³/mol. The van der Waals surface area contributed by atoms with Crippen LogP contribution in [0.5, 0.6) is 0 Å². The van der Waals surface area contributed by atoms with Gasteiger partial charge in [-0.2, -0.15) is 0 Å². The van der Waals surface area contributed by atoms with Crippen molar-refractivity contribution in [3.05, 3.63) is 33.8 Å². The SMILES string of the molecule is CCCC(CCC)N(Cc1ccc(Cl)c(Cl)c1)C(=O)CC(C)(C)C. The molecule has 0 saturated heterocycles. The molecule has 0 N–H and O–H groups in total. The Bertz CT molecular complexity index is 531. The van der Waals surface area contributed by atoms with Gasteiger partial charge in [-0.25, -0.2) is 0 Å². The Morgan fingerprint density at radius 3 is 2.12 bits per heavy atom. The molecule has 0 aromatic heterocycles. The van der Waals surface area contributed by atoms with E-state index in [9.17, 15) is 4.79 Å². The summed E-state index contributed by atoms with van der Waals surface area (Å²) in [6.07, 6.45) is 4.77. The summed E-state index contributed by atoms with van der Waals surface area (Å²) in [7, 11) is 0. The number of benzene rings is 1. The van der Waals surface area contributed by atoms with Gasteiger partial charge in [-0.05, 0) is 36.0 Å². The van der Waals surface area contributed by atoms with Gasteiger partial charge in [0.05, 0.1) is 10.0 Å². The van der Waals surface area contributed by atoms with Crippen molar-refractivity contribution in [2.24, 2.45) is 5.41 Å². The third-order valence-electron chi connectivity index (χ3n) is 4.02. The molecule has 0 aliphatic heterocycles. The normalized spacial score (nSPS) is 11.8. The number of rotatable bonds is 8. The minimum absolute atomic E-state index is 0.0179. The van der Waals surface area contributed by atoms with Crippen molar-refractivity contribution < 1.29 is 4.79 Å². The first kappa shape index (κ1) is 21.3. The maximum absolute atomic E-state index is 13.0. The fraction of sp³-hybridized carbons (Fsp3) is 0.650. The fourth-order valence-electron chi connectivity index (χ4n) is 2.93. The molecule has 0 bridgehead atoms. The molecule has 136 valence electrons. The summed E-state index contributed by atoms with van der Waals surface area (Å²) in [6, 6.07) is 5.92. The van der Waals surface area contributed by atoms with Gasteiger partial charge in [0.1, 0.15) is 0 Å². The molecule has 2 nitrogen and oxygen atoms in total. The molecule has 0 saturated carbocycles. The van der Waals surface area contributed by atoms with Gasteiger partial charge in [0.15, 0.2) is 0 Å². The van der Waals surface area contributed by atoms with Crippen molar-refractivity contribution >= 4 is 29.1 Å². The second-order valence-electron chi connectivity index (χ2n) is 7.74. The van der Waals surface area contributed by atoms with Crippen LogP contribution in [0.15, 0.2) is 18.2 Å².